The van der Waals surface area contributed by atoms with Gasteiger partial charge in [0.2, 0.25) is 0 Å². The van der Waals surface area contributed by atoms with Gasteiger partial charge in [0.15, 0.2) is 0 Å². The van der Waals surface area contributed by atoms with Gasteiger partial charge in [-0.1, -0.05) is 18.2 Å². The molecule has 0 aliphatic carbocycles. The fourth-order valence-electron chi connectivity index (χ4n) is 1.87. The quantitative estimate of drug-likeness (QED) is 0.878. The van der Waals surface area contributed by atoms with Gasteiger partial charge in [-0.25, -0.2) is 4.79 Å². The molecule has 4 nitrogen and oxygen atoms in total. The van der Waals surface area contributed by atoms with E-state index in [1.807, 2.05) is 44.2 Å². The van der Waals surface area contributed by atoms with E-state index in [1.165, 1.54) is 0 Å². The zero-order valence-corrected chi connectivity index (χ0v) is 12.1. The summed E-state index contributed by atoms with van der Waals surface area (Å²) in [5, 5.41) is 8.96. The minimum absolute atomic E-state index is 0.104. The van der Waals surface area contributed by atoms with E-state index >= 15 is 0 Å². The van der Waals surface area contributed by atoms with Crippen molar-refractivity contribution in [2.24, 2.45) is 0 Å². The molecule has 0 aliphatic rings. The van der Waals surface area contributed by atoms with Crippen LogP contribution in [0.15, 0.2) is 48.5 Å². The molecule has 1 N–H and O–H groups in total. The maximum Gasteiger partial charge on any atom is 0.335 e. The summed E-state index contributed by atoms with van der Waals surface area (Å²) in [6, 6.07) is 14.1. The molecule has 21 heavy (non-hydrogen) atoms. The highest BCUT2D eigenvalue weighted by atomic mass is 16.5. The Kier molecular flexibility index (Phi) is 4.82. The average Bonchev–Trinajstić information content (AvgIpc) is 2.45. The van der Waals surface area contributed by atoms with Gasteiger partial charge in [0.25, 0.3) is 0 Å². The van der Waals surface area contributed by atoms with Crippen molar-refractivity contribution in [1.29, 1.82) is 0 Å². The van der Waals surface area contributed by atoms with E-state index in [9.17, 15) is 4.79 Å². The zero-order valence-electron chi connectivity index (χ0n) is 12.1. The number of carbonyl (C=O) groups is 1. The molecule has 0 saturated carbocycles. The molecule has 0 fully saturated rings. The van der Waals surface area contributed by atoms with Crippen molar-refractivity contribution in [2.45, 2.75) is 26.6 Å². The molecule has 0 unspecified atom stereocenters. The van der Waals surface area contributed by atoms with Crippen LogP contribution in [0.4, 0.5) is 0 Å². The number of hydrogen-bond donors (Lipinski definition) is 1. The van der Waals surface area contributed by atoms with E-state index in [0.29, 0.717) is 12.4 Å². The van der Waals surface area contributed by atoms with Crippen LogP contribution in [0.5, 0.6) is 11.5 Å². The van der Waals surface area contributed by atoms with E-state index in [2.05, 4.69) is 0 Å². The van der Waals surface area contributed by atoms with Gasteiger partial charge in [-0.2, -0.15) is 0 Å². The van der Waals surface area contributed by atoms with E-state index in [-0.39, 0.29) is 11.7 Å². The van der Waals surface area contributed by atoms with Crippen LogP contribution < -0.4 is 9.47 Å². The van der Waals surface area contributed by atoms with Crippen molar-refractivity contribution >= 4 is 5.97 Å². The molecule has 0 aliphatic heterocycles. The molecule has 4 heteroatoms. The lowest BCUT2D eigenvalue weighted by Gasteiger charge is -2.12. The largest absolute Gasteiger partial charge is 0.491 e. The number of hydrogen-bond acceptors (Lipinski definition) is 3. The van der Waals surface area contributed by atoms with Gasteiger partial charge in [-0.05, 0) is 43.7 Å². The smallest absolute Gasteiger partial charge is 0.335 e. The molecule has 2 rings (SSSR count). The van der Waals surface area contributed by atoms with Crippen LogP contribution in [0.3, 0.4) is 0 Å². The first kappa shape index (κ1) is 14.9. The normalized spacial score (nSPS) is 10.4. The second-order valence-corrected chi connectivity index (χ2v) is 4.94. The summed E-state index contributed by atoms with van der Waals surface area (Å²) in [7, 11) is 0. The number of ether oxygens (including phenoxy) is 2. The van der Waals surface area contributed by atoms with E-state index in [4.69, 9.17) is 14.6 Å². The van der Waals surface area contributed by atoms with Crippen molar-refractivity contribution in [3.8, 4) is 11.5 Å². The topological polar surface area (TPSA) is 55.8 Å². The molecular weight excluding hydrogens is 268 g/mol. The SMILES string of the molecule is CC(C)Oc1cccc(OCc2cccc(C(=O)O)c2)c1. The van der Waals surface area contributed by atoms with E-state index in [0.717, 1.165) is 11.3 Å². The number of carboxylic acids is 1. The summed E-state index contributed by atoms with van der Waals surface area (Å²) in [4.78, 5) is 10.9. The number of aromatic carboxylic acids is 1. The zero-order chi connectivity index (χ0) is 15.2. The summed E-state index contributed by atoms with van der Waals surface area (Å²) < 4.78 is 11.3. The van der Waals surface area contributed by atoms with E-state index in [1.54, 1.807) is 18.2 Å². The predicted molar refractivity (Wildman–Crippen MR) is 79.9 cm³/mol. The highest BCUT2D eigenvalue weighted by Crippen LogP contribution is 2.21. The average molecular weight is 286 g/mol. The molecule has 0 spiro atoms. The van der Waals surface area contributed by atoms with Gasteiger partial charge in [0.05, 0.1) is 11.7 Å². The molecule has 0 heterocycles. The maximum absolute atomic E-state index is 10.9. The van der Waals surface area contributed by atoms with Crippen molar-refractivity contribution in [3.05, 3.63) is 59.7 Å². The Labute approximate surface area is 123 Å². The Morgan fingerprint density at radius 2 is 1.81 bits per heavy atom. The minimum Gasteiger partial charge on any atom is -0.491 e. The molecule has 0 bridgehead atoms. The second kappa shape index (κ2) is 6.79. The van der Waals surface area contributed by atoms with Gasteiger partial charge >= 0.3 is 5.97 Å². The predicted octanol–water partition coefficient (Wildman–Crippen LogP) is 3.75. The summed E-state index contributed by atoms with van der Waals surface area (Å²) in [5.74, 6) is 0.500. The third-order valence-corrected chi connectivity index (χ3v) is 2.76. The molecule has 110 valence electrons. The second-order valence-electron chi connectivity index (χ2n) is 4.94. The van der Waals surface area contributed by atoms with Crippen molar-refractivity contribution in [2.75, 3.05) is 0 Å². The molecular formula is C17H18O4. The van der Waals surface area contributed by atoms with Crippen LogP contribution in [0.1, 0.15) is 29.8 Å². The third-order valence-electron chi connectivity index (χ3n) is 2.76. The Morgan fingerprint density at radius 1 is 1.10 bits per heavy atom. The molecule has 0 radical (unpaired) electrons. The summed E-state index contributed by atoms with van der Waals surface area (Å²) in [6.45, 7) is 4.24. The van der Waals surface area contributed by atoms with Crippen molar-refractivity contribution in [1.82, 2.24) is 0 Å². The van der Waals surface area contributed by atoms with Crippen LogP contribution in [0.25, 0.3) is 0 Å². The Bertz CT molecular complexity index is 620. The fourth-order valence-corrected chi connectivity index (χ4v) is 1.87. The Morgan fingerprint density at radius 3 is 2.52 bits per heavy atom. The number of carboxylic acid groups (broad SMARTS) is 1. The first-order valence-corrected chi connectivity index (χ1v) is 6.76. The first-order valence-electron chi connectivity index (χ1n) is 6.76. The molecule has 0 saturated heterocycles. The van der Waals surface area contributed by atoms with E-state index < -0.39 is 5.97 Å². The first-order chi connectivity index (χ1) is 10.0. The van der Waals surface area contributed by atoms with Crippen LogP contribution in [-0.4, -0.2) is 17.2 Å². The lowest BCUT2D eigenvalue weighted by molar-refractivity contribution is 0.0696. The van der Waals surface area contributed by atoms with Crippen LogP contribution in [0.2, 0.25) is 0 Å². The highest BCUT2D eigenvalue weighted by molar-refractivity contribution is 5.87. The molecule has 2 aromatic carbocycles. The standard InChI is InChI=1S/C17H18O4/c1-12(2)21-16-8-4-7-15(10-16)20-11-13-5-3-6-14(9-13)17(18)19/h3-10,12H,11H2,1-2H3,(H,18,19). The monoisotopic (exact) mass is 286 g/mol. The van der Waals surface area contributed by atoms with Gasteiger partial charge in [0, 0.05) is 6.07 Å². The minimum atomic E-state index is -0.941. The fraction of sp³-hybridized carbons (Fsp3) is 0.235. The Hall–Kier alpha value is -2.49. The van der Waals surface area contributed by atoms with Crippen LogP contribution in [-0.2, 0) is 6.61 Å². The molecule has 0 amide bonds. The van der Waals surface area contributed by atoms with Gasteiger partial charge in [-0.15, -0.1) is 0 Å². The number of rotatable bonds is 6. The lowest BCUT2D eigenvalue weighted by Crippen LogP contribution is -2.05. The molecule has 0 aromatic heterocycles. The third kappa shape index (κ3) is 4.53. The van der Waals surface area contributed by atoms with Crippen molar-refractivity contribution < 1.29 is 19.4 Å². The van der Waals surface area contributed by atoms with Crippen molar-refractivity contribution in [3.63, 3.8) is 0 Å². The van der Waals surface area contributed by atoms with Crippen LogP contribution >= 0.6 is 0 Å². The summed E-state index contributed by atoms with van der Waals surface area (Å²) in [5.41, 5.74) is 1.07. The Balaban J connectivity index is 2.02. The molecule has 2 aromatic rings. The van der Waals surface area contributed by atoms with Crippen LogP contribution in [0, 0.1) is 0 Å². The summed E-state index contributed by atoms with van der Waals surface area (Å²) in [6.07, 6.45) is 0.104. The van der Waals surface area contributed by atoms with Gasteiger partial charge in [-0.3, -0.25) is 0 Å². The lowest BCUT2D eigenvalue weighted by atomic mass is 10.1. The maximum atomic E-state index is 10.9. The van der Waals surface area contributed by atoms with Gasteiger partial charge < -0.3 is 14.6 Å². The van der Waals surface area contributed by atoms with Gasteiger partial charge in [0.1, 0.15) is 18.1 Å². The highest BCUT2D eigenvalue weighted by Gasteiger charge is 2.04. The summed E-state index contributed by atoms with van der Waals surface area (Å²) >= 11 is 0. The molecule has 0 atom stereocenters. The number of benzene rings is 2.